The lowest BCUT2D eigenvalue weighted by atomic mass is 10.1. The Morgan fingerprint density at radius 1 is 1.36 bits per heavy atom. The first-order valence-electron chi connectivity index (χ1n) is 4.33. The van der Waals surface area contributed by atoms with Gasteiger partial charge in [0.05, 0.1) is 4.83 Å². The van der Waals surface area contributed by atoms with Gasteiger partial charge in [0.1, 0.15) is 5.78 Å². The van der Waals surface area contributed by atoms with Gasteiger partial charge in [0, 0.05) is 0 Å². The minimum absolute atomic E-state index is 0.0966. The molecule has 0 aliphatic carbocycles. The zero-order valence-corrected chi connectivity index (χ0v) is 8.99. The third-order valence-electron chi connectivity index (χ3n) is 1.75. The molecule has 0 aliphatic rings. The number of halogens is 1. The maximum Gasteiger partial charge on any atom is 0.143 e. The van der Waals surface area contributed by atoms with Crippen molar-refractivity contribution in [3.8, 4) is 0 Å². The van der Waals surface area contributed by atoms with Crippen LogP contribution in [0.2, 0.25) is 0 Å². The number of hydrogen-bond donors (Lipinski definition) is 0. The molecule has 0 fully saturated rings. The van der Waals surface area contributed by atoms with Crippen molar-refractivity contribution >= 4 is 21.7 Å². The molecule has 0 aromatic rings. The number of alkyl halides is 1. The Balaban J connectivity index is 3.17. The van der Waals surface area contributed by atoms with Crippen LogP contribution in [-0.4, -0.2) is 10.6 Å². The van der Waals surface area contributed by atoms with Gasteiger partial charge in [0.2, 0.25) is 0 Å². The molecule has 0 bridgehead atoms. The third-order valence-corrected chi connectivity index (χ3v) is 2.85. The molecule has 0 saturated carbocycles. The van der Waals surface area contributed by atoms with Gasteiger partial charge in [-0.3, -0.25) is 4.79 Å². The van der Waals surface area contributed by atoms with Crippen LogP contribution in [0, 0.1) is 0 Å². The first kappa shape index (κ1) is 11.2. The summed E-state index contributed by atoms with van der Waals surface area (Å²) in [5, 5.41) is 0. The summed E-state index contributed by atoms with van der Waals surface area (Å²) < 4.78 is 0. The number of carbonyl (C=O) groups is 1. The van der Waals surface area contributed by atoms with E-state index in [1.807, 2.05) is 0 Å². The van der Waals surface area contributed by atoms with Crippen molar-refractivity contribution in [2.45, 2.75) is 50.8 Å². The van der Waals surface area contributed by atoms with Crippen molar-refractivity contribution in [2.75, 3.05) is 0 Å². The van der Waals surface area contributed by atoms with Crippen LogP contribution in [0.3, 0.4) is 0 Å². The fraction of sp³-hybridized carbons (Fsp3) is 0.889. The van der Waals surface area contributed by atoms with Gasteiger partial charge in [-0.1, -0.05) is 48.5 Å². The second-order valence-corrected chi connectivity index (χ2v) is 4.03. The molecule has 66 valence electrons. The van der Waals surface area contributed by atoms with Crippen molar-refractivity contribution in [1.82, 2.24) is 0 Å². The van der Waals surface area contributed by atoms with Crippen molar-refractivity contribution in [1.29, 1.82) is 0 Å². The van der Waals surface area contributed by atoms with E-state index in [-0.39, 0.29) is 10.6 Å². The highest BCUT2D eigenvalue weighted by molar-refractivity contribution is 9.10. The molecular formula is C9H17BrO. The molecule has 0 rings (SSSR count). The molecule has 0 heterocycles. The minimum atomic E-state index is 0.0966. The molecule has 1 atom stereocenters. The molecule has 0 amide bonds. The summed E-state index contributed by atoms with van der Waals surface area (Å²) in [7, 11) is 0. The van der Waals surface area contributed by atoms with Gasteiger partial charge in [-0.2, -0.15) is 0 Å². The summed E-state index contributed by atoms with van der Waals surface area (Å²) in [6.45, 7) is 3.83. The van der Waals surface area contributed by atoms with E-state index in [4.69, 9.17) is 0 Å². The predicted octanol–water partition coefficient (Wildman–Crippen LogP) is 3.31. The minimum Gasteiger partial charge on any atom is -0.299 e. The van der Waals surface area contributed by atoms with Crippen LogP contribution in [0.5, 0.6) is 0 Å². The molecule has 0 aromatic carbocycles. The average molecular weight is 221 g/mol. The quantitative estimate of drug-likeness (QED) is 0.496. The first-order valence-corrected chi connectivity index (χ1v) is 5.24. The van der Waals surface area contributed by atoms with E-state index in [2.05, 4.69) is 22.9 Å². The molecule has 0 aromatic heterocycles. The Hall–Kier alpha value is 0.150. The molecule has 11 heavy (non-hydrogen) atoms. The van der Waals surface area contributed by atoms with E-state index in [1.165, 1.54) is 25.7 Å². The summed E-state index contributed by atoms with van der Waals surface area (Å²) in [6, 6.07) is 0. The van der Waals surface area contributed by atoms with Crippen molar-refractivity contribution in [3.05, 3.63) is 0 Å². The van der Waals surface area contributed by atoms with Gasteiger partial charge < -0.3 is 0 Å². The average Bonchev–Trinajstić information content (AvgIpc) is 1.97. The Bertz CT molecular complexity index is 112. The van der Waals surface area contributed by atoms with Crippen molar-refractivity contribution in [2.24, 2.45) is 0 Å². The normalized spacial score (nSPS) is 13.0. The smallest absolute Gasteiger partial charge is 0.143 e. The van der Waals surface area contributed by atoms with Crippen LogP contribution in [0.1, 0.15) is 46.0 Å². The van der Waals surface area contributed by atoms with Crippen molar-refractivity contribution < 1.29 is 4.79 Å². The van der Waals surface area contributed by atoms with Gasteiger partial charge in [0.25, 0.3) is 0 Å². The topological polar surface area (TPSA) is 17.1 Å². The van der Waals surface area contributed by atoms with E-state index < -0.39 is 0 Å². The summed E-state index contributed by atoms with van der Waals surface area (Å²) >= 11 is 3.34. The number of Topliss-reactive ketones (excluding diaryl/α,β-unsaturated/α-hetero) is 1. The van der Waals surface area contributed by atoms with E-state index >= 15 is 0 Å². The highest BCUT2D eigenvalue weighted by Crippen LogP contribution is 2.12. The van der Waals surface area contributed by atoms with Crippen LogP contribution in [0.15, 0.2) is 0 Å². The van der Waals surface area contributed by atoms with E-state index in [0.717, 1.165) is 6.42 Å². The largest absolute Gasteiger partial charge is 0.299 e. The van der Waals surface area contributed by atoms with Crippen LogP contribution < -0.4 is 0 Å². The molecule has 0 radical (unpaired) electrons. The third kappa shape index (κ3) is 6.54. The molecule has 1 unspecified atom stereocenters. The maximum absolute atomic E-state index is 10.8. The summed E-state index contributed by atoms with van der Waals surface area (Å²) in [4.78, 5) is 10.9. The molecule has 2 heteroatoms. The number of carbonyl (C=O) groups excluding carboxylic acids is 1. The van der Waals surface area contributed by atoms with Crippen LogP contribution in [0.4, 0.5) is 0 Å². The summed E-state index contributed by atoms with van der Waals surface area (Å²) in [5.41, 5.74) is 0. The van der Waals surface area contributed by atoms with Crippen LogP contribution in [0.25, 0.3) is 0 Å². The Labute approximate surface area is 77.7 Å². The number of rotatable bonds is 6. The van der Waals surface area contributed by atoms with E-state index in [1.54, 1.807) is 6.92 Å². The Morgan fingerprint density at radius 2 is 2.00 bits per heavy atom. The van der Waals surface area contributed by atoms with E-state index in [9.17, 15) is 4.79 Å². The van der Waals surface area contributed by atoms with Gasteiger partial charge in [-0.05, 0) is 13.3 Å². The number of unbranched alkanes of at least 4 members (excludes halogenated alkanes) is 3. The second-order valence-electron chi connectivity index (χ2n) is 2.93. The molecule has 0 saturated heterocycles. The Kier molecular flexibility index (Phi) is 6.93. The maximum atomic E-state index is 10.8. The van der Waals surface area contributed by atoms with Gasteiger partial charge in [0.15, 0.2) is 0 Å². The summed E-state index contributed by atoms with van der Waals surface area (Å²) in [6.07, 6.45) is 5.97. The number of hydrogen-bond acceptors (Lipinski definition) is 1. The standard InChI is InChI=1S/C9H17BrO/c1-3-4-5-6-7-9(10)8(2)11/h9H,3-7H2,1-2H3. The monoisotopic (exact) mass is 220 g/mol. The van der Waals surface area contributed by atoms with Gasteiger partial charge >= 0.3 is 0 Å². The lowest BCUT2D eigenvalue weighted by molar-refractivity contribution is -0.116. The second kappa shape index (κ2) is 6.84. The zero-order valence-electron chi connectivity index (χ0n) is 7.40. The van der Waals surface area contributed by atoms with Crippen LogP contribution in [-0.2, 0) is 4.79 Å². The van der Waals surface area contributed by atoms with Crippen LogP contribution >= 0.6 is 15.9 Å². The Morgan fingerprint density at radius 3 is 2.45 bits per heavy atom. The van der Waals surface area contributed by atoms with Gasteiger partial charge in [-0.25, -0.2) is 0 Å². The number of ketones is 1. The summed E-state index contributed by atoms with van der Waals surface area (Å²) in [5.74, 6) is 0.251. The highest BCUT2D eigenvalue weighted by Gasteiger charge is 2.07. The molecular weight excluding hydrogens is 204 g/mol. The molecule has 1 nitrogen and oxygen atoms in total. The van der Waals surface area contributed by atoms with Crippen molar-refractivity contribution in [3.63, 3.8) is 0 Å². The SMILES string of the molecule is CCCCCCC(Br)C(C)=O. The lowest BCUT2D eigenvalue weighted by Crippen LogP contribution is -2.08. The first-order chi connectivity index (χ1) is 5.18. The lowest BCUT2D eigenvalue weighted by Gasteiger charge is -2.03. The predicted molar refractivity (Wildman–Crippen MR) is 52.2 cm³/mol. The van der Waals surface area contributed by atoms with Gasteiger partial charge in [-0.15, -0.1) is 0 Å². The molecule has 0 N–H and O–H groups in total. The zero-order chi connectivity index (χ0) is 8.69. The molecule has 0 aliphatic heterocycles. The fourth-order valence-corrected chi connectivity index (χ4v) is 1.28. The van der Waals surface area contributed by atoms with E-state index in [0.29, 0.717) is 0 Å². The fourth-order valence-electron chi connectivity index (χ4n) is 0.954. The highest BCUT2D eigenvalue weighted by atomic mass is 79.9. The molecule has 0 spiro atoms.